The molecule has 0 amide bonds. The Balaban J connectivity index is 2.58. The maximum absolute atomic E-state index is 12.1. The number of ether oxygens (including phenoxy) is 2. The zero-order chi connectivity index (χ0) is 12.6. The first kappa shape index (κ1) is 12.6. The highest BCUT2D eigenvalue weighted by Gasteiger charge is 2.23. The van der Waals surface area contributed by atoms with Crippen LogP contribution in [-0.2, 0) is 9.73 Å². The summed E-state index contributed by atoms with van der Waals surface area (Å²) in [5, 5.41) is 0.392. The first-order chi connectivity index (χ1) is 7.94. The Morgan fingerprint density at radius 3 is 3.00 bits per heavy atom. The van der Waals surface area contributed by atoms with Crippen molar-refractivity contribution in [3.8, 4) is 11.5 Å². The van der Waals surface area contributed by atoms with Gasteiger partial charge >= 0.3 is 0 Å². The van der Waals surface area contributed by atoms with Crippen LogP contribution in [0, 0.1) is 0 Å². The van der Waals surface area contributed by atoms with E-state index in [9.17, 15) is 4.21 Å². The fourth-order valence-electron chi connectivity index (χ4n) is 1.42. The maximum Gasteiger partial charge on any atom is 0.194 e. The SMILES string of the molecule is CN=S(C)(=O)c1cc2c(c(Br)n1)OCC(C)O2. The van der Waals surface area contributed by atoms with Gasteiger partial charge in [-0.15, -0.1) is 0 Å². The van der Waals surface area contributed by atoms with Crippen LogP contribution in [0.3, 0.4) is 0 Å². The van der Waals surface area contributed by atoms with Gasteiger partial charge in [-0.3, -0.25) is 0 Å². The minimum atomic E-state index is -2.47. The van der Waals surface area contributed by atoms with Crippen molar-refractivity contribution in [2.24, 2.45) is 4.36 Å². The zero-order valence-electron chi connectivity index (χ0n) is 9.77. The lowest BCUT2D eigenvalue weighted by Gasteiger charge is -2.24. The van der Waals surface area contributed by atoms with Gasteiger partial charge in [0.25, 0.3) is 0 Å². The summed E-state index contributed by atoms with van der Waals surface area (Å²) in [6.45, 7) is 2.39. The molecule has 2 unspecified atom stereocenters. The number of halogens is 1. The van der Waals surface area contributed by atoms with Crippen LogP contribution in [0.15, 0.2) is 20.1 Å². The number of nitrogens with zero attached hydrogens (tertiary/aromatic N) is 2. The average molecular weight is 321 g/mol. The first-order valence-corrected chi connectivity index (χ1v) is 7.76. The van der Waals surface area contributed by atoms with Crippen molar-refractivity contribution in [2.45, 2.75) is 18.1 Å². The molecular weight excluding hydrogens is 308 g/mol. The smallest absolute Gasteiger partial charge is 0.194 e. The number of fused-ring (bicyclic) bond motifs is 1. The van der Waals surface area contributed by atoms with Crippen molar-refractivity contribution in [1.82, 2.24) is 4.98 Å². The van der Waals surface area contributed by atoms with Gasteiger partial charge in [0.1, 0.15) is 17.7 Å². The molecule has 0 fully saturated rings. The van der Waals surface area contributed by atoms with E-state index < -0.39 is 9.73 Å². The molecule has 17 heavy (non-hydrogen) atoms. The van der Waals surface area contributed by atoms with Gasteiger partial charge in [-0.2, -0.15) is 0 Å². The van der Waals surface area contributed by atoms with E-state index in [1.807, 2.05) is 6.92 Å². The molecule has 1 aromatic rings. The summed E-state index contributed by atoms with van der Waals surface area (Å²) >= 11 is 3.29. The second-order valence-corrected chi connectivity index (χ2v) is 6.94. The first-order valence-electron chi connectivity index (χ1n) is 5.04. The van der Waals surface area contributed by atoms with Crippen molar-refractivity contribution in [3.05, 3.63) is 10.7 Å². The summed E-state index contributed by atoms with van der Waals surface area (Å²) in [5.74, 6) is 1.11. The molecule has 0 bridgehead atoms. The fraction of sp³-hybridized carbons (Fsp3) is 0.500. The third-order valence-electron chi connectivity index (χ3n) is 2.40. The molecule has 1 aliphatic heterocycles. The van der Waals surface area contributed by atoms with E-state index in [0.29, 0.717) is 27.7 Å². The van der Waals surface area contributed by atoms with Gasteiger partial charge in [0.2, 0.25) is 0 Å². The normalized spacial score (nSPS) is 21.8. The Kier molecular flexibility index (Phi) is 3.31. The Bertz CT molecular complexity index is 567. The Labute approximate surface area is 109 Å². The zero-order valence-corrected chi connectivity index (χ0v) is 12.2. The van der Waals surface area contributed by atoms with Crippen LogP contribution >= 0.6 is 15.9 Å². The number of pyridine rings is 1. The summed E-state index contributed by atoms with van der Waals surface area (Å²) in [4.78, 5) is 4.20. The molecule has 0 saturated heterocycles. The molecule has 7 heteroatoms. The van der Waals surface area contributed by atoms with E-state index in [1.54, 1.807) is 12.3 Å². The van der Waals surface area contributed by atoms with Crippen LogP contribution in [0.2, 0.25) is 0 Å². The Morgan fingerprint density at radius 2 is 2.35 bits per heavy atom. The standard InChI is InChI=1S/C10H13BrN2O3S/c1-6-5-15-9-7(16-6)4-8(13-10(9)11)17(3,14)12-2/h4,6H,5H2,1-3H3. The minimum absolute atomic E-state index is 0.0314. The molecule has 0 spiro atoms. The van der Waals surface area contributed by atoms with E-state index in [2.05, 4.69) is 25.3 Å². The second kappa shape index (κ2) is 4.45. The Morgan fingerprint density at radius 1 is 1.65 bits per heavy atom. The van der Waals surface area contributed by atoms with Crippen LogP contribution in [0.4, 0.5) is 0 Å². The van der Waals surface area contributed by atoms with Crippen molar-refractivity contribution < 1.29 is 13.7 Å². The minimum Gasteiger partial charge on any atom is -0.483 e. The summed E-state index contributed by atoms with van der Waals surface area (Å²) < 4.78 is 27.6. The third-order valence-corrected chi connectivity index (χ3v) is 4.62. The lowest BCUT2D eigenvalue weighted by molar-refractivity contribution is 0.102. The molecule has 0 N–H and O–H groups in total. The molecule has 1 aromatic heterocycles. The lowest BCUT2D eigenvalue weighted by atomic mass is 10.3. The predicted octanol–water partition coefficient (Wildman–Crippen LogP) is 2.09. The monoisotopic (exact) mass is 320 g/mol. The molecule has 0 aliphatic carbocycles. The summed E-state index contributed by atoms with van der Waals surface area (Å²) in [6.07, 6.45) is 1.51. The number of rotatable bonds is 1. The van der Waals surface area contributed by atoms with Gasteiger partial charge in [0.05, 0.1) is 9.73 Å². The molecular formula is C10H13BrN2O3S. The molecule has 0 aromatic carbocycles. The predicted molar refractivity (Wildman–Crippen MR) is 68.2 cm³/mol. The average Bonchev–Trinajstić information content (AvgIpc) is 2.28. The van der Waals surface area contributed by atoms with Crippen molar-refractivity contribution in [1.29, 1.82) is 0 Å². The van der Waals surface area contributed by atoms with Crippen molar-refractivity contribution >= 4 is 25.7 Å². The topological polar surface area (TPSA) is 60.8 Å². The van der Waals surface area contributed by atoms with Crippen LogP contribution < -0.4 is 9.47 Å². The van der Waals surface area contributed by atoms with Gasteiger partial charge in [0, 0.05) is 19.4 Å². The largest absolute Gasteiger partial charge is 0.483 e. The number of hydrogen-bond donors (Lipinski definition) is 0. The Hall–Kier alpha value is -0.820. The van der Waals surface area contributed by atoms with Crippen molar-refractivity contribution in [3.63, 3.8) is 0 Å². The number of hydrogen-bond acceptors (Lipinski definition) is 5. The second-order valence-electron chi connectivity index (χ2n) is 3.80. The van der Waals surface area contributed by atoms with Gasteiger partial charge in [-0.05, 0) is 22.9 Å². The van der Waals surface area contributed by atoms with Crippen LogP contribution in [0.5, 0.6) is 11.5 Å². The molecule has 2 atom stereocenters. The quantitative estimate of drug-likeness (QED) is 0.743. The van der Waals surface area contributed by atoms with Gasteiger partial charge in [0.15, 0.2) is 16.1 Å². The molecule has 0 radical (unpaired) electrons. The van der Waals surface area contributed by atoms with E-state index in [0.717, 1.165) is 0 Å². The van der Waals surface area contributed by atoms with Crippen LogP contribution in [-0.4, -0.2) is 35.2 Å². The number of aromatic nitrogens is 1. The molecule has 2 rings (SSSR count). The van der Waals surface area contributed by atoms with E-state index >= 15 is 0 Å². The summed E-state index contributed by atoms with van der Waals surface area (Å²) in [5.41, 5.74) is 0. The van der Waals surface area contributed by atoms with Gasteiger partial charge < -0.3 is 9.47 Å². The van der Waals surface area contributed by atoms with Crippen LogP contribution in [0.25, 0.3) is 0 Å². The van der Waals surface area contributed by atoms with Gasteiger partial charge in [-0.1, -0.05) is 0 Å². The van der Waals surface area contributed by atoms with Gasteiger partial charge in [-0.25, -0.2) is 13.6 Å². The summed E-state index contributed by atoms with van der Waals surface area (Å²) in [6, 6.07) is 1.63. The highest BCUT2D eigenvalue weighted by atomic mass is 79.9. The fourth-order valence-corrected chi connectivity index (χ4v) is 2.81. The summed E-state index contributed by atoms with van der Waals surface area (Å²) in [7, 11) is -0.962. The molecule has 2 heterocycles. The third kappa shape index (κ3) is 2.40. The molecule has 5 nitrogen and oxygen atoms in total. The van der Waals surface area contributed by atoms with Crippen molar-refractivity contribution in [2.75, 3.05) is 19.9 Å². The lowest BCUT2D eigenvalue weighted by Crippen LogP contribution is -2.26. The maximum atomic E-state index is 12.1. The molecule has 0 saturated carbocycles. The van der Waals surface area contributed by atoms with E-state index in [4.69, 9.17) is 9.47 Å². The molecule has 1 aliphatic rings. The molecule has 94 valence electrons. The van der Waals surface area contributed by atoms with Crippen LogP contribution in [0.1, 0.15) is 6.92 Å². The van der Waals surface area contributed by atoms with E-state index in [1.165, 1.54) is 7.05 Å². The highest BCUT2D eigenvalue weighted by molar-refractivity contribution is 9.10. The highest BCUT2D eigenvalue weighted by Crippen LogP contribution is 2.38. The van der Waals surface area contributed by atoms with E-state index in [-0.39, 0.29) is 6.10 Å².